The van der Waals surface area contributed by atoms with Gasteiger partial charge in [-0.1, -0.05) is 12.5 Å². The lowest BCUT2D eigenvalue weighted by Crippen LogP contribution is -2.24. The molecule has 2 fully saturated rings. The van der Waals surface area contributed by atoms with Crippen LogP contribution in [-0.4, -0.2) is 11.6 Å². The maximum atomic E-state index is 12.2. The Hall–Kier alpha value is -1.64. The lowest BCUT2D eigenvalue weighted by molar-refractivity contribution is 0.0954. The SMILES string of the molecule is CC(=NNC(=O)c1ccc(C)c(C)c1)[C@H]1C[C@H]2CC[C@H]1C2. The Labute approximate surface area is 126 Å². The second kappa shape index (κ2) is 5.63. The largest absolute Gasteiger partial charge is 0.271 e. The van der Waals surface area contributed by atoms with Gasteiger partial charge in [0.15, 0.2) is 0 Å². The zero-order valence-electron chi connectivity index (χ0n) is 13.1. The molecule has 2 aliphatic carbocycles. The molecule has 21 heavy (non-hydrogen) atoms. The van der Waals surface area contributed by atoms with E-state index in [0.717, 1.165) is 23.1 Å². The number of benzene rings is 1. The topological polar surface area (TPSA) is 41.5 Å². The van der Waals surface area contributed by atoms with E-state index in [1.165, 1.54) is 31.2 Å². The molecule has 1 aromatic rings. The van der Waals surface area contributed by atoms with Crippen molar-refractivity contribution in [2.24, 2.45) is 22.9 Å². The maximum Gasteiger partial charge on any atom is 0.271 e. The number of aryl methyl sites for hydroxylation is 2. The number of hydrogen-bond acceptors (Lipinski definition) is 2. The third-order valence-corrected chi connectivity index (χ3v) is 5.38. The van der Waals surface area contributed by atoms with Crippen LogP contribution in [-0.2, 0) is 0 Å². The molecular weight excluding hydrogens is 260 g/mol. The number of carbonyl (C=O) groups excluding carboxylic acids is 1. The fraction of sp³-hybridized carbons (Fsp3) is 0.556. The predicted octanol–water partition coefficient (Wildman–Crippen LogP) is 3.85. The van der Waals surface area contributed by atoms with Crippen molar-refractivity contribution in [1.82, 2.24) is 5.43 Å². The van der Waals surface area contributed by atoms with Gasteiger partial charge >= 0.3 is 0 Å². The van der Waals surface area contributed by atoms with E-state index >= 15 is 0 Å². The van der Waals surface area contributed by atoms with E-state index in [1.807, 2.05) is 25.1 Å². The molecule has 1 N–H and O–H groups in total. The van der Waals surface area contributed by atoms with Crippen LogP contribution in [0.2, 0.25) is 0 Å². The van der Waals surface area contributed by atoms with Crippen LogP contribution in [0.1, 0.15) is 54.1 Å². The molecule has 3 heteroatoms. The number of amides is 1. The number of hydrazone groups is 1. The van der Waals surface area contributed by atoms with Gasteiger partial charge in [0.1, 0.15) is 0 Å². The average Bonchev–Trinajstić information content (AvgIpc) is 3.10. The van der Waals surface area contributed by atoms with Gasteiger partial charge in [-0.3, -0.25) is 4.79 Å². The lowest BCUT2D eigenvalue weighted by Gasteiger charge is -2.21. The predicted molar refractivity (Wildman–Crippen MR) is 85.4 cm³/mol. The van der Waals surface area contributed by atoms with Gasteiger partial charge in [-0.05, 0) is 75.1 Å². The quantitative estimate of drug-likeness (QED) is 0.665. The molecule has 0 saturated heterocycles. The summed E-state index contributed by atoms with van der Waals surface area (Å²) in [5.41, 5.74) is 6.85. The van der Waals surface area contributed by atoms with E-state index in [-0.39, 0.29) is 5.91 Å². The van der Waals surface area contributed by atoms with E-state index < -0.39 is 0 Å². The second-order valence-corrected chi connectivity index (χ2v) is 6.77. The number of carbonyl (C=O) groups is 1. The summed E-state index contributed by atoms with van der Waals surface area (Å²) in [6.07, 6.45) is 5.36. The van der Waals surface area contributed by atoms with Crippen LogP contribution in [0.5, 0.6) is 0 Å². The van der Waals surface area contributed by atoms with Gasteiger partial charge in [0.2, 0.25) is 0 Å². The molecule has 2 aliphatic rings. The summed E-state index contributed by atoms with van der Waals surface area (Å²) in [5.74, 6) is 2.18. The Balaban J connectivity index is 1.64. The normalized spacial score (nSPS) is 28.0. The molecule has 3 atom stereocenters. The third kappa shape index (κ3) is 2.87. The lowest BCUT2D eigenvalue weighted by atomic mass is 9.86. The van der Waals surface area contributed by atoms with Crippen molar-refractivity contribution in [2.75, 3.05) is 0 Å². The highest BCUT2D eigenvalue weighted by Gasteiger charge is 2.40. The first-order chi connectivity index (χ1) is 10.0. The zero-order valence-corrected chi connectivity index (χ0v) is 13.1. The van der Waals surface area contributed by atoms with Gasteiger partial charge in [-0.2, -0.15) is 5.10 Å². The second-order valence-electron chi connectivity index (χ2n) is 6.77. The highest BCUT2D eigenvalue weighted by Crippen LogP contribution is 2.48. The molecule has 0 spiro atoms. The summed E-state index contributed by atoms with van der Waals surface area (Å²) in [4.78, 5) is 12.2. The highest BCUT2D eigenvalue weighted by molar-refractivity contribution is 5.95. The number of rotatable bonds is 3. The van der Waals surface area contributed by atoms with Gasteiger partial charge in [-0.15, -0.1) is 0 Å². The van der Waals surface area contributed by atoms with Crippen molar-refractivity contribution in [3.8, 4) is 0 Å². The Kier molecular flexibility index (Phi) is 3.83. The van der Waals surface area contributed by atoms with Gasteiger partial charge < -0.3 is 0 Å². The van der Waals surface area contributed by atoms with E-state index in [9.17, 15) is 4.79 Å². The van der Waals surface area contributed by atoms with Crippen LogP contribution in [0, 0.1) is 31.6 Å². The van der Waals surface area contributed by atoms with Crippen molar-refractivity contribution >= 4 is 11.6 Å². The molecule has 0 aliphatic heterocycles. The van der Waals surface area contributed by atoms with Crippen LogP contribution in [0.4, 0.5) is 0 Å². The first-order valence-electron chi connectivity index (χ1n) is 7.96. The highest BCUT2D eigenvalue weighted by atomic mass is 16.2. The fourth-order valence-electron chi connectivity index (χ4n) is 3.93. The fourth-order valence-corrected chi connectivity index (χ4v) is 3.93. The molecule has 112 valence electrons. The van der Waals surface area contributed by atoms with Crippen LogP contribution in [0.3, 0.4) is 0 Å². The minimum atomic E-state index is -0.111. The van der Waals surface area contributed by atoms with E-state index in [4.69, 9.17) is 0 Å². The van der Waals surface area contributed by atoms with Crippen LogP contribution < -0.4 is 5.43 Å². The van der Waals surface area contributed by atoms with Crippen molar-refractivity contribution < 1.29 is 4.79 Å². The van der Waals surface area contributed by atoms with Gasteiger partial charge in [0.25, 0.3) is 5.91 Å². The van der Waals surface area contributed by atoms with Gasteiger partial charge in [-0.25, -0.2) is 5.43 Å². The van der Waals surface area contributed by atoms with Crippen molar-refractivity contribution in [3.63, 3.8) is 0 Å². The Morgan fingerprint density at radius 2 is 2.00 bits per heavy atom. The number of nitrogens with one attached hydrogen (secondary N) is 1. The first-order valence-corrected chi connectivity index (χ1v) is 7.96. The molecule has 0 heterocycles. The Morgan fingerprint density at radius 3 is 2.62 bits per heavy atom. The Morgan fingerprint density at radius 1 is 1.19 bits per heavy atom. The van der Waals surface area contributed by atoms with Crippen molar-refractivity contribution in [1.29, 1.82) is 0 Å². The minimum Gasteiger partial charge on any atom is -0.267 e. The smallest absolute Gasteiger partial charge is 0.267 e. The van der Waals surface area contributed by atoms with Gasteiger partial charge in [0.05, 0.1) is 0 Å². The summed E-state index contributed by atoms with van der Waals surface area (Å²) in [6, 6.07) is 5.77. The molecule has 3 rings (SSSR count). The molecule has 2 saturated carbocycles. The van der Waals surface area contributed by atoms with Crippen LogP contribution >= 0.6 is 0 Å². The summed E-state index contributed by atoms with van der Waals surface area (Å²) in [7, 11) is 0. The summed E-state index contributed by atoms with van der Waals surface area (Å²) in [6.45, 7) is 6.14. The van der Waals surface area contributed by atoms with Gasteiger partial charge in [0, 0.05) is 17.2 Å². The zero-order chi connectivity index (χ0) is 15.0. The van der Waals surface area contributed by atoms with Crippen molar-refractivity contribution in [3.05, 3.63) is 34.9 Å². The molecule has 1 aromatic carbocycles. The van der Waals surface area contributed by atoms with E-state index in [2.05, 4.69) is 24.4 Å². The van der Waals surface area contributed by atoms with E-state index in [0.29, 0.717) is 11.5 Å². The standard InChI is InChI=1S/C18H24N2O/c1-11-4-6-16(8-12(11)2)18(21)20-19-13(3)17-10-14-5-7-15(17)9-14/h4,6,8,14-15,17H,5,7,9-10H2,1-3H3,(H,20,21)/t14-,15-,17+/m0/s1. The monoisotopic (exact) mass is 284 g/mol. The molecule has 2 bridgehead atoms. The molecule has 3 nitrogen and oxygen atoms in total. The number of nitrogens with zero attached hydrogens (tertiary/aromatic N) is 1. The molecular formula is C18H24N2O. The summed E-state index contributed by atoms with van der Waals surface area (Å²) < 4.78 is 0. The van der Waals surface area contributed by atoms with E-state index in [1.54, 1.807) is 0 Å². The van der Waals surface area contributed by atoms with Crippen LogP contribution in [0.15, 0.2) is 23.3 Å². The molecule has 1 amide bonds. The van der Waals surface area contributed by atoms with Crippen LogP contribution in [0.25, 0.3) is 0 Å². The summed E-state index contributed by atoms with van der Waals surface area (Å²) >= 11 is 0. The minimum absolute atomic E-state index is 0.111. The molecule has 0 unspecified atom stereocenters. The van der Waals surface area contributed by atoms with Crippen molar-refractivity contribution in [2.45, 2.75) is 46.5 Å². The Bertz CT molecular complexity index is 591. The first kappa shape index (κ1) is 14.3. The molecule has 0 aromatic heterocycles. The third-order valence-electron chi connectivity index (χ3n) is 5.38. The maximum absolute atomic E-state index is 12.2. The average molecular weight is 284 g/mol. The summed E-state index contributed by atoms with van der Waals surface area (Å²) in [5, 5.41) is 4.37. The molecule has 0 radical (unpaired) electrons. The number of fused-ring (bicyclic) bond motifs is 2. The number of hydrogen-bond donors (Lipinski definition) is 1.